The van der Waals surface area contributed by atoms with Crippen LogP contribution in [-0.4, -0.2) is 62.3 Å². The minimum Gasteiger partial charge on any atom is -0.483 e. The Morgan fingerprint density at radius 2 is 1.59 bits per heavy atom. The van der Waals surface area contributed by atoms with E-state index in [4.69, 9.17) is 4.74 Å². The molecule has 0 saturated carbocycles. The van der Waals surface area contributed by atoms with Crippen molar-refractivity contribution < 1.29 is 32.6 Å². The molecule has 1 aliphatic rings. The van der Waals surface area contributed by atoms with Gasteiger partial charge in [-0.1, -0.05) is 88.1 Å². The van der Waals surface area contributed by atoms with Crippen molar-refractivity contribution in [3.8, 4) is 5.75 Å². The molecule has 2 atom stereocenters. The van der Waals surface area contributed by atoms with Gasteiger partial charge in [0.25, 0.3) is 5.91 Å². The first-order valence-electron chi connectivity index (χ1n) is 16.5. The smallest absolute Gasteiger partial charge is 0.325 e. The fourth-order valence-electron chi connectivity index (χ4n) is 5.89. The number of unbranched alkanes of at least 4 members (excludes halogenated alkanes) is 2. The van der Waals surface area contributed by atoms with Crippen molar-refractivity contribution in [3.05, 3.63) is 78.4 Å². The lowest BCUT2D eigenvalue weighted by Gasteiger charge is -2.37. The maximum atomic E-state index is 14.2. The first-order valence-corrected chi connectivity index (χ1v) is 19.2. The number of amides is 2. The van der Waals surface area contributed by atoms with Gasteiger partial charge in [-0.2, -0.15) is 0 Å². The molecule has 4 rings (SSSR count). The van der Waals surface area contributed by atoms with E-state index in [1.54, 1.807) is 36.4 Å². The molecule has 1 heterocycles. The Labute approximate surface area is 293 Å². The maximum absolute atomic E-state index is 14.2. The first-order chi connectivity index (χ1) is 23.4. The molecule has 0 aliphatic carbocycles. The molecule has 1 aliphatic heterocycles. The molecule has 0 aromatic heterocycles. The van der Waals surface area contributed by atoms with Crippen LogP contribution in [0.25, 0.3) is 0 Å². The number of carboxylic acid groups (broad SMARTS) is 1. The van der Waals surface area contributed by atoms with Crippen LogP contribution in [0.2, 0.25) is 0 Å². The van der Waals surface area contributed by atoms with E-state index in [9.17, 15) is 27.9 Å². The van der Waals surface area contributed by atoms with Gasteiger partial charge < -0.3 is 25.4 Å². The largest absolute Gasteiger partial charge is 0.483 e. The molecule has 3 aromatic carbocycles. The van der Waals surface area contributed by atoms with Crippen molar-refractivity contribution in [1.29, 1.82) is 0 Å². The van der Waals surface area contributed by atoms with Crippen LogP contribution in [0, 0.1) is 0 Å². The minimum absolute atomic E-state index is 0.0450. The number of nitrogens with one attached hydrogen (secondary N) is 3. The third-order valence-electron chi connectivity index (χ3n) is 8.51. The highest BCUT2D eigenvalue weighted by Gasteiger charge is 2.42. The third kappa shape index (κ3) is 9.55. The zero-order valence-corrected chi connectivity index (χ0v) is 30.0. The van der Waals surface area contributed by atoms with Crippen LogP contribution in [0.1, 0.15) is 70.9 Å². The monoisotopic (exact) mass is 710 g/mol. The van der Waals surface area contributed by atoms with Gasteiger partial charge in [-0.05, 0) is 49.8 Å². The fraction of sp³-hybridized carbons (Fsp3) is 0.417. The number of carbonyl (C=O) groups excluding carboxylic acids is 2. The number of fused-ring (bicyclic) bond motifs is 1. The topological polar surface area (TPSA) is 154 Å². The Balaban J connectivity index is 1.68. The number of rotatable bonds is 16. The summed E-state index contributed by atoms with van der Waals surface area (Å²) in [6, 6.07) is 19.1. The van der Waals surface area contributed by atoms with Crippen LogP contribution in [0.15, 0.2) is 82.6 Å². The molecule has 0 saturated heterocycles. The Hall–Kier alpha value is -4.07. The Morgan fingerprint density at radius 3 is 2.16 bits per heavy atom. The van der Waals surface area contributed by atoms with Crippen molar-refractivity contribution in [3.63, 3.8) is 0 Å². The second-order valence-corrected chi connectivity index (χ2v) is 14.8. The zero-order chi connectivity index (χ0) is 35.6. The molecule has 0 fully saturated rings. The molecule has 0 radical (unpaired) electrons. The maximum Gasteiger partial charge on any atom is 0.325 e. The minimum atomic E-state index is -4.04. The van der Waals surface area contributed by atoms with E-state index in [-0.39, 0.29) is 10.6 Å². The Morgan fingerprint density at radius 1 is 0.980 bits per heavy atom. The number of ether oxygens (including phenoxy) is 1. The Kier molecular flexibility index (Phi) is 13.1. The summed E-state index contributed by atoms with van der Waals surface area (Å²) in [7, 11) is -4.04. The SMILES string of the molecule is CCCCC1(CCCC)CN(c2ccccc2)c2cc(SC)c(OCC(=O)NC(C(=O)NC(C)C(=O)O)c3ccccc3)cc2S(=O)(=O)N1. The summed E-state index contributed by atoms with van der Waals surface area (Å²) in [6.45, 7) is 5.44. The molecular weight excluding hydrogens is 665 g/mol. The van der Waals surface area contributed by atoms with Crippen molar-refractivity contribution in [2.45, 2.75) is 86.7 Å². The lowest BCUT2D eigenvalue weighted by Crippen LogP contribution is -2.53. The number of thioether (sulfide) groups is 1. The quantitative estimate of drug-likeness (QED) is 0.135. The second-order valence-electron chi connectivity index (χ2n) is 12.3. The van der Waals surface area contributed by atoms with Gasteiger partial charge >= 0.3 is 5.97 Å². The Bertz CT molecular complexity index is 1700. The van der Waals surface area contributed by atoms with Gasteiger partial charge in [-0.15, -0.1) is 11.8 Å². The number of benzene rings is 3. The fourth-order valence-corrected chi connectivity index (χ4v) is 8.10. The van der Waals surface area contributed by atoms with Gasteiger partial charge in [0, 0.05) is 18.3 Å². The van der Waals surface area contributed by atoms with Gasteiger partial charge in [0.1, 0.15) is 22.7 Å². The molecule has 13 heteroatoms. The average molecular weight is 711 g/mol. The summed E-state index contributed by atoms with van der Waals surface area (Å²) in [6.07, 6.45) is 6.79. The molecule has 0 bridgehead atoms. The van der Waals surface area contributed by atoms with E-state index < -0.39 is 52.0 Å². The van der Waals surface area contributed by atoms with E-state index in [0.29, 0.717) is 35.5 Å². The summed E-state index contributed by atoms with van der Waals surface area (Å²) in [5, 5.41) is 14.3. The van der Waals surface area contributed by atoms with E-state index in [0.717, 1.165) is 31.4 Å². The zero-order valence-electron chi connectivity index (χ0n) is 28.4. The van der Waals surface area contributed by atoms with Crippen molar-refractivity contribution in [1.82, 2.24) is 15.4 Å². The predicted octanol–water partition coefficient (Wildman–Crippen LogP) is 5.78. The van der Waals surface area contributed by atoms with E-state index in [2.05, 4.69) is 34.1 Å². The van der Waals surface area contributed by atoms with E-state index in [1.807, 2.05) is 36.6 Å². The van der Waals surface area contributed by atoms with Crippen LogP contribution in [0.5, 0.6) is 5.75 Å². The highest BCUT2D eigenvalue weighted by Crippen LogP contribution is 2.44. The van der Waals surface area contributed by atoms with E-state index >= 15 is 0 Å². The highest BCUT2D eigenvalue weighted by molar-refractivity contribution is 7.98. The molecule has 0 spiro atoms. The number of hydrogen-bond donors (Lipinski definition) is 4. The normalized spacial score (nSPS) is 16.0. The number of sulfonamides is 1. The number of carbonyl (C=O) groups is 3. The van der Waals surface area contributed by atoms with Crippen LogP contribution < -0.4 is 25.0 Å². The van der Waals surface area contributed by atoms with Crippen molar-refractivity contribution in [2.75, 3.05) is 24.3 Å². The predicted molar refractivity (Wildman–Crippen MR) is 192 cm³/mol. The van der Waals surface area contributed by atoms with Crippen molar-refractivity contribution >= 4 is 50.9 Å². The molecule has 3 aromatic rings. The lowest BCUT2D eigenvalue weighted by atomic mass is 9.87. The number of para-hydroxylation sites is 1. The molecule has 2 unspecified atom stereocenters. The highest BCUT2D eigenvalue weighted by atomic mass is 32.2. The number of hydrogen-bond acceptors (Lipinski definition) is 8. The molecular formula is C36H46N4O7S2. The number of aliphatic carboxylic acids is 1. The number of carboxylic acids is 1. The summed E-state index contributed by atoms with van der Waals surface area (Å²) < 4.78 is 37.6. The van der Waals surface area contributed by atoms with Gasteiger partial charge in [0.15, 0.2) is 6.61 Å². The molecule has 264 valence electrons. The van der Waals surface area contributed by atoms with Crippen molar-refractivity contribution in [2.24, 2.45) is 0 Å². The van der Waals surface area contributed by atoms with Crippen LogP contribution >= 0.6 is 11.8 Å². The number of nitrogens with zero attached hydrogens (tertiary/aromatic N) is 1. The first kappa shape index (κ1) is 37.7. The van der Waals surface area contributed by atoms with Gasteiger partial charge in [0.05, 0.1) is 16.1 Å². The molecule has 49 heavy (non-hydrogen) atoms. The summed E-state index contributed by atoms with van der Waals surface area (Å²) in [4.78, 5) is 40.4. The second kappa shape index (κ2) is 17.0. The molecule has 2 amide bonds. The molecule has 4 N–H and O–H groups in total. The van der Waals surface area contributed by atoms with Crippen LogP contribution in [0.4, 0.5) is 11.4 Å². The van der Waals surface area contributed by atoms with Gasteiger partial charge in [-0.25, -0.2) is 13.1 Å². The number of anilines is 2. The average Bonchev–Trinajstić information content (AvgIpc) is 3.19. The lowest BCUT2D eigenvalue weighted by molar-refractivity contribution is -0.141. The summed E-state index contributed by atoms with van der Waals surface area (Å²) >= 11 is 1.36. The third-order valence-corrected chi connectivity index (χ3v) is 10.9. The van der Waals surface area contributed by atoms with Gasteiger partial charge in [-0.3, -0.25) is 14.4 Å². The summed E-state index contributed by atoms with van der Waals surface area (Å²) in [5.74, 6) is -2.36. The molecule has 11 nitrogen and oxygen atoms in total. The van der Waals surface area contributed by atoms with Gasteiger partial charge in [0.2, 0.25) is 15.9 Å². The van der Waals surface area contributed by atoms with Crippen LogP contribution in [0.3, 0.4) is 0 Å². The summed E-state index contributed by atoms with van der Waals surface area (Å²) in [5.41, 5.74) is 1.13. The van der Waals surface area contributed by atoms with Crippen LogP contribution in [-0.2, 0) is 24.4 Å². The van der Waals surface area contributed by atoms with E-state index in [1.165, 1.54) is 24.8 Å². The standard InChI is InChI=1S/C36H46N4O7S2/c1-5-7-19-36(20-8-6-2)24-40(27-17-13-10-14-18-27)28-21-30(48-4)29(22-31(28)49(45,46)39-36)47-23-32(41)38-33(26-15-11-9-12-16-26)34(42)37-25(3)35(43)44/h9-18,21-22,25,33,39H,5-8,19-20,23-24H2,1-4H3,(H,37,42)(H,38,41)(H,43,44).